The van der Waals surface area contributed by atoms with Crippen LogP contribution in [0, 0.1) is 0 Å². The van der Waals surface area contributed by atoms with Crippen molar-refractivity contribution in [3.05, 3.63) is 64.7 Å². The van der Waals surface area contributed by atoms with Gasteiger partial charge in [0, 0.05) is 10.7 Å². The molecule has 0 aliphatic rings. The van der Waals surface area contributed by atoms with Crippen LogP contribution >= 0.6 is 11.6 Å². The summed E-state index contributed by atoms with van der Waals surface area (Å²) in [5, 5.41) is 0.416. The summed E-state index contributed by atoms with van der Waals surface area (Å²) in [4.78, 5) is 12.0. The van der Waals surface area contributed by atoms with Crippen LogP contribution in [-0.2, 0) is 4.74 Å². The smallest absolute Gasteiger partial charge is 0.338 e. The lowest BCUT2D eigenvalue weighted by Crippen LogP contribution is -2.09. The minimum Gasteiger partial charge on any atom is -0.454 e. The fourth-order valence-electron chi connectivity index (χ4n) is 1.75. The normalized spacial score (nSPS) is 11.9. The van der Waals surface area contributed by atoms with Crippen LogP contribution in [0.4, 0.5) is 5.69 Å². The molecule has 0 aliphatic heterocycles. The van der Waals surface area contributed by atoms with E-state index in [4.69, 9.17) is 22.1 Å². The van der Waals surface area contributed by atoms with Gasteiger partial charge in [-0.3, -0.25) is 0 Å². The van der Waals surface area contributed by atoms with E-state index < -0.39 is 5.97 Å². The summed E-state index contributed by atoms with van der Waals surface area (Å²) in [6.45, 7) is 1.82. The average molecular weight is 276 g/mol. The molecule has 0 bridgehead atoms. The maximum absolute atomic E-state index is 12.0. The van der Waals surface area contributed by atoms with Crippen molar-refractivity contribution in [2.45, 2.75) is 13.0 Å². The molecule has 0 aromatic heterocycles. The van der Waals surface area contributed by atoms with E-state index in [1.165, 1.54) is 6.07 Å². The highest BCUT2D eigenvalue weighted by molar-refractivity contribution is 6.31. The first-order valence-corrected chi connectivity index (χ1v) is 6.26. The van der Waals surface area contributed by atoms with Crippen molar-refractivity contribution in [3.8, 4) is 0 Å². The molecule has 0 fully saturated rings. The van der Waals surface area contributed by atoms with E-state index in [-0.39, 0.29) is 6.10 Å². The number of nitrogens with two attached hydrogens (primary N) is 1. The van der Waals surface area contributed by atoms with Gasteiger partial charge in [-0.1, -0.05) is 41.9 Å². The lowest BCUT2D eigenvalue weighted by molar-refractivity contribution is 0.0338. The predicted octanol–water partition coefficient (Wildman–Crippen LogP) is 3.84. The molecule has 3 nitrogen and oxygen atoms in total. The molecule has 0 saturated heterocycles. The zero-order valence-electron chi connectivity index (χ0n) is 10.5. The fraction of sp³-hybridized carbons (Fsp3) is 0.133. The molecular weight excluding hydrogens is 262 g/mol. The van der Waals surface area contributed by atoms with Crippen LogP contribution in [-0.4, -0.2) is 5.97 Å². The largest absolute Gasteiger partial charge is 0.454 e. The monoisotopic (exact) mass is 275 g/mol. The molecular formula is C15H14ClNO2. The number of nitrogen functional groups attached to an aromatic ring is 1. The number of ether oxygens (including phenoxy) is 1. The maximum Gasteiger partial charge on any atom is 0.338 e. The third kappa shape index (κ3) is 3.48. The SMILES string of the molecule is CC(OC(=O)c1cc(N)cc(Cl)c1)c1ccccc1. The molecule has 2 aromatic carbocycles. The molecule has 2 rings (SSSR count). The second kappa shape index (κ2) is 5.76. The Morgan fingerprint density at radius 3 is 2.53 bits per heavy atom. The van der Waals surface area contributed by atoms with Gasteiger partial charge < -0.3 is 10.5 Å². The molecule has 2 aromatic rings. The summed E-state index contributed by atoms with van der Waals surface area (Å²) in [5.74, 6) is -0.439. The molecule has 0 spiro atoms. The first-order chi connectivity index (χ1) is 9.06. The summed E-state index contributed by atoms with van der Waals surface area (Å²) in [5.41, 5.74) is 7.37. The van der Waals surface area contributed by atoms with E-state index in [1.54, 1.807) is 12.1 Å². The zero-order valence-corrected chi connectivity index (χ0v) is 11.2. The summed E-state index contributed by atoms with van der Waals surface area (Å²) in [7, 11) is 0. The van der Waals surface area contributed by atoms with Crippen LogP contribution in [0.25, 0.3) is 0 Å². The predicted molar refractivity (Wildman–Crippen MR) is 76.1 cm³/mol. The molecule has 0 radical (unpaired) electrons. The number of benzene rings is 2. The highest BCUT2D eigenvalue weighted by Gasteiger charge is 2.14. The summed E-state index contributed by atoms with van der Waals surface area (Å²) in [6, 6.07) is 14.2. The number of anilines is 1. The average Bonchev–Trinajstić information content (AvgIpc) is 2.38. The first-order valence-electron chi connectivity index (χ1n) is 5.88. The van der Waals surface area contributed by atoms with Gasteiger partial charge >= 0.3 is 5.97 Å². The standard InChI is InChI=1S/C15H14ClNO2/c1-10(11-5-3-2-4-6-11)19-15(18)12-7-13(16)9-14(17)8-12/h2-10H,17H2,1H3. The molecule has 1 atom stereocenters. The van der Waals surface area contributed by atoms with Crippen LogP contribution in [0.15, 0.2) is 48.5 Å². The Labute approximate surface area is 117 Å². The second-order valence-electron chi connectivity index (χ2n) is 4.23. The van der Waals surface area contributed by atoms with Crippen LogP contribution in [0.2, 0.25) is 5.02 Å². The Bertz CT molecular complexity index is 564. The van der Waals surface area contributed by atoms with Crippen molar-refractivity contribution in [1.82, 2.24) is 0 Å². The van der Waals surface area contributed by atoms with Crippen LogP contribution in [0.1, 0.15) is 28.9 Å². The maximum atomic E-state index is 12.0. The van der Waals surface area contributed by atoms with Gasteiger partial charge in [-0.2, -0.15) is 0 Å². The summed E-state index contributed by atoms with van der Waals surface area (Å²) in [6.07, 6.45) is -0.325. The van der Waals surface area contributed by atoms with Gasteiger partial charge in [-0.05, 0) is 30.7 Å². The van der Waals surface area contributed by atoms with Crippen molar-refractivity contribution in [3.63, 3.8) is 0 Å². The van der Waals surface area contributed by atoms with Gasteiger partial charge in [0.05, 0.1) is 5.56 Å². The first kappa shape index (κ1) is 13.4. The van der Waals surface area contributed by atoms with Crippen molar-refractivity contribution >= 4 is 23.3 Å². The number of carbonyl (C=O) groups excluding carboxylic acids is 1. The van der Waals surface area contributed by atoms with E-state index in [0.717, 1.165) is 5.56 Å². The van der Waals surface area contributed by atoms with E-state index in [0.29, 0.717) is 16.3 Å². The van der Waals surface area contributed by atoms with Crippen LogP contribution in [0.5, 0.6) is 0 Å². The van der Waals surface area contributed by atoms with Crippen LogP contribution in [0.3, 0.4) is 0 Å². The third-order valence-corrected chi connectivity index (χ3v) is 2.93. The Hall–Kier alpha value is -2.00. The van der Waals surface area contributed by atoms with Gasteiger partial charge in [0.1, 0.15) is 6.10 Å². The highest BCUT2D eigenvalue weighted by Crippen LogP contribution is 2.21. The van der Waals surface area contributed by atoms with Gasteiger partial charge in [0.15, 0.2) is 0 Å². The molecule has 1 unspecified atom stereocenters. The molecule has 98 valence electrons. The molecule has 0 heterocycles. The lowest BCUT2D eigenvalue weighted by atomic mass is 10.1. The zero-order chi connectivity index (χ0) is 13.8. The summed E-state index contributed by atoms with van der Waals surface area (Å²) < 4.78 is 5.38. The number of carbonyl (C=O) groups is 1. The Kier molecular flexibility index (Phi) is 4.07. The molecule has 0 saturated carbocycles. The van der Waals surface area contributed by atoms with Gasteiger partial charge in [0.2, 0.25) is 0 Å². The molecule has 4 heteroatoms. The number of hydrogen-bond donors (Lipinski definition) is 1. The van der Waals surface area contributed by atoms with Gasteiger partial charge in [0.25, 0.3) is 0 Å². The third-order valence-electron chi connectivity index (χ3n) is 2.71. The second-order valence-corrected chi connectivity index (χ2v) is 4.67. The quantitative estimate of drug-likeness (QED) is 0.684. The number of esters is 1. The van der Waals surface area contributed by atoms with Gasteiger partial charge in [-0.25, -0.2) is 4.79 Å². The van der Waals surface area contributed by atoms with Crippen LogP contribution < -0.4 is 5.73 Å². The van der Waals surface area contributed by atoms with E-state index in [2.05, 4.69) is 0 Å². The molecule has 0 aliphatic carbocycles. The number of rotatable bonds is 3. The van der Waals surface area contributed by atoms with E-state index >= 15 is 0 Å². The van der Waals surface area contributed by atoms with Crippen molar-refractivity contribution in [1.29, 1.82) is 0 Å². The van der Waals surface area contributed by atoms with Crippen molar-refractivity contribution in [2.75, 3.05) is 5.73 Å². The lowest BCUT2D eigenvalue weighted by Gasteiger charge is -2.13. The Balaban J connectivity index is 2.13. The van der Waals surface area contributed by atoms with Crippen molar-refractivity contribution in [2.24, 2.45) is 0 Å². The van der Waals surface area contributed by atoms with E-state index in [1.807, 2.05) is 37.3 Å². The van der Waals surface area contributed by atoms with E-state index in [9.17, 15) is 4.79 Å². The fourth-order valence-corrected chi connectivity index (χ4v) is 1.99. The van der Waals surface area contributed by atoms with Gasteiger partial charge in [-0.15, -0.1) is 0 Å². The Morgan fingerprint density at radius 2 is 1.89 bits per heavy atom. The molecule has 19 heavy (non-hydrogen) atoms. The summed E-state index contributed by atoms with van der Waals surface area (Å²) >= 11 is 5.86. The molecule has 2 N–H and O–H groups in total. The number of halogens is 1. The topological polar surface area (TPSA) is 52.3 Å². The van der Waals surface area contributed by atoms with Crippen molar-refractivity contribution < 1.29 is 9.53 Å². The highest BCUT2D eigenvalue weighted by atomic mass is 35.5. The number of hydrogen-bond acceptors (Lipinski definition) is 3. The Morgan fingerprint density at radius 1 is 1.21 bits per heavy atom. The minimum absolute atomic E-state index is 0.325. The minimum atomic E-state index is -0.439. The molecule has 0 amide bonds.